The molecule has 4 heterocycles. The second kappa shape index (κ2) is 9.47. The highest BCUT2D eigenvalue weighted by Crippen LogP contribution is 2.45. The molecule has 2 N–H and O–H groups in total. The standard InChI is InChI=1S/C26H24F4N8O/c1-14-24(39)38(19-3-2-8-31-12-19)21-13-32-25(34-17-9-15-11-33-36-22(15)20(27)10-17)35-23(21)37(14)18-6-4-16(5-7-18)26(28,29)30/h2-3,8-14,16,18H,4-7H2,1H3,(H,33,36)(H,32,34,35)/t14-,16-,18-/m1/s1. The summed E-state index contributed by atoms with van der Waals surface area (Å²) in [5, 5.41) is 10.0. The van der Waals surface area contributed by atoms with E-state index in [1.54, 1.807) is 37.5 Å². The zero-order chi connectivity index (χ0) is 27.3. The lowest BCUT2D eigenvalue weighted by molar-refractivity contribution is -0.182. The fraction of sp³-hybridized carbons (Fsp3) is 0.346. The number of halogens is 4. The van der Waals surface area contributed by atoms with Crippen molar-refractivity contribution in [1.82, 2.24) is 25.1 Å². The molecule has 1 saturated carbocycles. The highest BCUT2D eigenvalue weighted by molar-refractivity contribution is 6.09. The van der Waals surface area contributed by atoms with E-state index in [0.29, 0.717) is 28.3 Å². The Bertz CT molecular complexity index is 1520. The molecule has 0 saturated heterocycles. The summed E-state index contributed by atoms with van der Waals surface area (Å²) >= 11 is 0. The van der Waals surface area contributed by atoms with Crippen molar-refractivity contribution in [3.05, 3.63) is 54.9 Å². The molecular formula is C26H24F4N8O. The fourth-order valence-electron chi connectivity index (χ4n) is 5.52. The number of pyridine rings is 1. The van der Waals surface area contributed by atoms with Crippen molar-refractivity contribution < 1.29 is 22.4 Å². The predicted molar refractivity (Wildman–Crippen MR) is 136 cm³/mol. The van der Waals surface area contributed by atoms with Crippen LogP contribution in [0.1, 0.15) is 32.6 Å². The maximum atomic E-state index is 14.5. The third-order valence-corrected chi connectivity index (χ3v) is 7.44. The SMILES string of the molecule is C[C@@H]1C(=O)N(c2cccnc2)c2cnc(Nc3cc(F)c4[nH]ncc4c3)nc2N1[C@H]1CC[C@H](C(F)(F)F)CC1. The number of aromatic nitrogens is 5. The minimum absolute atomic E-state index is 0.0204. The van der Waals surface area contributed by atoms with E-state index < -0.39 is 24.0 Å². The minimum atomic E-state index is -4.24. The lowest BCUT2D eigenvalue weighted by atomic mass is 9.84. The number of rotatable bonds is 4. The summed E-state index contributed by atoms with van der Waals surface area (Å²) in [7, 11) is 0. The molecule has 1 aromatic carbocycles. The first-order valence-electron chi connectivity index (χ1n) is 12.6. The summed E-state index contributed by atoms with van der Waals surface area (Å²) in [5.74, 6) is -1.56. The van der Waals surface area contributed by atoms with Gasteiger partial charge in [0.2, 0.25) is 5.95 Å². The van der Waals surface area contributed by atoms with E-state index in [-0.39, 0.29) is 49.1 Å². The number of H-pyrrole nitrogens is 1. The summed E-state index contributed by atoms with van der Waals surface area (Å²) in [6.45, 7) is 1.72. The van der Waals surface area contributed by atoms with E-state index in [1.165, 1.54) is 23.4 Å². The summed E-state index contributed by atoms with van der Waals surface area (Å²) < 4.78 is 54.6. The van der Waals surface area contributed by atoms with Gasteiger partial charge in [0.05, 0.1) is 30.2 Å². The molecule has 1 aliphatic carbocycles. The van der Waals surface area contributed by atoms with E-state index in [0.717, 1.165) is 0 Å². The van der Waals surface area contributed by atoms with Crippen molar-refractivity contribution in [3.63, 3.8) is 0 Å². The molecule has 0 unspecified atom stereocenters. The summed E-state index contributed by atoms with van der Waals surface area (Å²) in [4.78, 5) is 30.1. The number of aromatic amines is 1. The maximum absolute atomic E-state index is 14.5. The Morgan fingerprint density at radius 1 is 1.10 bits per heavy atom. The van der Waals surface area contributed by atoms with Crippen LogP contribution in [0, 0.1) is 11.7 Å². The minimum Gasteiger partial charge on any atom is -0.340 e. The first-order chi connectivity index (χ1) is 18.7. The second-order valence-corrected chi connectivity index (χ2v) is 9.83. The molecule has 39 heavy (non-hydrogen) atoms. The van der Waals surface area contributed by atoms with Gasteiger partial charge in [0.25, 0.3) is 5.91 Å². The molecule has 4 aromatic rings. The van der Waals surface area contributed by atoms with Crippen LogP contribution in [0.3, 0.4) is 0 Å². The van der Waals surface area contributed by atoms with Crippen LogP contribution in [-0.4, -0.2) is 49.3 Å². The van der Waals surface area contributed by atoms with Crippen LogP contribution in [-0.2, 0) is 4.79 Å². The van der Waals surface area contributed by atoms with Crippen molar-refractivity contribution in [2.24, 2.45) is 5.92 Å². The van der Waals surface area contributed by atoms with Crippen LogP contribution in [0.25, 0.3) is 10.9 Å². The quantitative estimate of drug-likeness (QED) is 0.324. The van der Waals surface area contributed by atoms with Gasteiger partial charge in [0.1, 0.15) is 17.2 Å². The lowest BCUT2D eigenvalue weighted by Gasteiger charge is -2.46. The van der Waals surface area contributed by atoms with E-state index in [9.17, 15) is 22.4 Å². The van der Waals surface area contributed by atoms with Gasteiger partial charge in [0.15, 0.2) is 11.6 Å². The number of hydrogen-bond donors (Lipinski definition) is 2. The van der Waals surface area contributed by atoms with Gasteiger partial charge in [-0.2, -0.15) is 23.3 Å². The monoisotopic (exact) mass is 540 g/mol. The molecule has 1 fully saturated rings. The van der Waals surface area contributed by atoms with E-state index >= 15 is 0 Å². The number of nitrogens with one attached hydrogen (secondary N) is 2. The Hall–Kier alpha value is -4.29. The zero-order valence-corrected chi connectivity index (χ0v) is 20.8. The Balaban J connectivity index is 1.39. The molecule has 1 atom stereocenters. The molecule has 1 amide bonds. The third kappa shape index (κ3) is 4.51. The lowest BCUT2D eigenvalue weighted by Crippen LogP contribution is -2.55. The van der Waals surface area contributed by atoms with Crippen LogP contribution in [0.5, 0.6) is 0 Å². The van der Waals surface area contributed by atoms with Gasteiger partial charge in [-0.1, -0.05) is 0 Å². The molecule has 9 nitrogen and oxygen atoms in total. The number of alkyl halides is 3. The number of hydrogen-bond acceptors (Lipinski definition) is 7. The van der Waals surface area contributed by atoms with Crippen LogP contribution in [0.2, 0.25) is 0 Å². The van der Waals surface area contributed by atoms with E-state index in [1.807, 2.05) is 4.90 Å². The summed E-state index contributed by atoms with van der Waals surface area (Å²) in [6.07, 6.45) is 2.38. The number of benzene rings is 1. The van der Waals surface area contributed by atoms with Gasteiger partial charge in [-0.25, -0.2) is 9.37 Å². The van der Waals surface area contributed by atoms with Gasteiger partial charge in [-0.15, -0.1) is 0 Å². The van der Waals surface area contributed by atoms with Gasteiger partial charge in [0, 0.05) is 23.3 Å². The van der Waals surface area contributed by atoms with Crippen LogP contribution in [0.4, 0.5) is 46.4 Å². The average molecular weight is 541 g/mol. The van der Waals surface area contributed by atoms with Crippen molar-refractivity contribution in [2.45, 2.75) is 50.9 Å². The van der Waals surface area contributed by atoms with Crippen LogP contribution in [0.15, 0.2) is 49.1 Å². The van der Waals surface area contributed by atoms with E-state index in [2.05, 4.69) is 25.5 Å². The molecule has 13 heteroatoms. The van der Waals surface area contributed by atoms with Crippen LogP contribution < -0.4 is 15.1 Å². The summed E-state index contributed by atoms with van der Waals surface area (Å²) in [6, 6.07) is 5.39. The molecule has 0 radical (unpaired) electrons. The normalized spacial score (nSPS) is 21.8. The van der Waals surface area contributed by atoms with E-state index in [4.69, 9.17) is 4.98 Å². The van der Waals surface area contributed by atoms with Crippen LogP contribution >= 0.6 is 0 Å². The number of nitrogens with zero attached hydrogens (tertiary/aromatic N) is 6. The van der Waals surface area contributed by atoms with Crippen molar-refractivity contribution in [1.29, 1.82) is 0 Å². The molecule has 0 bridgehead atoms. The summed E-state index contributed by atoms with van der Waals surface area (Å²) in [5.41, 5.74) is 1.58. The van der Waals surface area contributed by atoms with Gasteiger partial charge in [-0.05, 0) is 56.9 Å². The molecule has 1 aliphatic heterocycles. The fourth-order valence-corrected chi connectivity index (χ4v) is 5.52. The molecule has 3 aromatic heterocycles. The molecule has 202 valence electrons. The Labute approximate surface area is 220 Å². The highest BCUT2D eigenvalue weighted by Gasteiger charge is 2.46. The largest absolute Gasteiger partial charge is 0.391 e. The van der Waals surface area contributed by atoms with Gasteiger partial charge >= 0.3 is 6.18 Å². The Morgan fingerprint density at radius 3 is 2.62 bits per heavy atom. The van der Waals surface area contributed by atoms with Crippen molar-refractivity contribution >= 4 is 45.6 Å². The smallest absolute Gasteiger partial charge is 0.340 e. The maximum Gasteiger partial charge on any atom is 0.391 e. The first kappa shape index (κ1) is 25.0. The third-order valence-electron chi connectivity index (χ3n) is 7.44. The zero-order valence-electron chi connectivity index (χ0n) is 20.8. The predicted octanol–water partition coefficient (Wildman–Crippen LogP) is 5.62. The number of carbonyl (C=O) groups is 1. The average Bonchev–Trinajstić information content (AvgIpc) is 3.39. The van der Waals surface area contributed by atoms with Crippen molar-refractivity contribution in [2.75, 3.05) is 15.1 Å². The number of fused-ring (bicyclic) bond motifs is 2. The van der Waals surface area contributed by atoms with Gasteiger partial charge in [-0.3, -0.25) is 19.8 Å². The highest BCUT2D eigenvalue weighted by atomic mass is 19.4. The topological polar surface area (TPSA) is 103 Å². The molecule has 2 aliphatic rings. The molecule has 0 spiro atoms. The second-order valence-electron chi connectivity index (χ2n) is 9.83. The number of amides is 1. The molecule has 6 rings (SSSR count). The number of carbonyl (C=O) groups excluding carboxylic acids is 1. The Kier molecular flexibility index (Phi) is 6.07. The molecular weight excluding hydrogens is 516 g/mol. The Morgan fingerprint density at radius 2 is 1.90 bits per heavy atom. The number of anilines is 5. The van der Waals surface area contributed by atoms with Gasteiger partial charge < -0.3 is 10.2 Å². The first-order valence-corrected chi connectivity index (χ1v) is 12.6. The van der Waals surface area contributed by atoms with Crippen molar-refractivity contribution in [3.8, 4) is 0 Å².